The van der Waals surface area contributed by atoms with Crippen LogP contribution in [0.1, 0.15) is 17.7 Å². The second-order valence-corrected chi connectivity index (χ2v) is 6.16. The summed E-state index contributed by atoms with van der Waals surface area (Å²) >= 11 is 1.59. The van der Waals surface area contributed by atoms with Gasteiger partial charge in [-0.2, -0.15) is 0 Å². The first kappa shape index (κ1) is 15.4. The zero-order valence-electron chi connectivity index (χ0n) is 12.8. The Morgan fingerprint density at radius 1 is 1.22 bits per heavy atom. The van der Waals surface area contributed by atoms with E-state index in [0.717, 1.165) is 27.5 Å². The van der Waals surface area contributed by atoms with Crippen molar-refractivity contribution in [1.29, 1.82) is 0 Å². The van der Waals surface area contributed by atoms with Crippen molar-refractivity contribution in [2.45, 2.75) is 19.8 Å². The van der Waals surface area contributed by atoms with Crippen molar-refractivity contribution in [2.75, 3.05) is 5.32 Å². The first-order chi connectivity index (χ1) is 11.2. The highest BCUT2D eigenvalue weighted by atomic mass is 32.1. The lowest BCUT2D eigenvalue weighted by atomic mass is 10.2. The summed E-state index contributed by atoms with van der Waals surface area (Å²) in [5.41, 5.74) is 3.97. The van der Waals surface area contributed by atoms with Gasteiger partial charge in [-0.15, -0.1) is 11.3 Å². The highest BCUT2D eigenvalue weighted by Crippen LogP contribution is 2.23. The number of carbonyl (C=O) groups is 1. The summed E-state index contributed by atoms with van der Waals surface area (Å²) in [7, 11) is 0. The predicted octanol–water partition coefficient (Wildman–Crippen LogP) is 4.08. The maximum Gasteiger partial charge on any atom is 0.224 e. The molecule has 0 saturated heterocycles. The van der Waals surface area contributed by atoms with Crippen LogP contribution in [0, 0.1) is 6.92 Å². The Bertz CT molecular complexity index is 799. The summed E-state index contributed by atoms with van der Waals surface area (Å²) in [6.45, 7) is 2.01. The molecule has 0 fully saturated rings. The van der Waals surface area contributed by atoms with Crippen molar-refractivity contribution in [1.82, 2.24) is 9.97 Å². The number of amides is 1. The second kappa shape index (κ2) is 7.15. The molecule has 0 atom stereocenters. The maximum atomic E-state index is 12.0. The molecule has 5 heteroatoms. The highest BCUT2D eigenvalue weighted by Gasteiger charge is 2.08. The van der Waals surface area contributed by atoms with Gasteiger partial charge in [0.15, 0.2) is 0 Å². The largest absolute Gasteiger partial charge is 0.326 e. The number of nitrogens with one attached hydrogen (secondary N) is 1. The van der Waals surface area contributed by atoms with Gasteiger partial charge in [0.2, 0.25) is 5.91 Å². The van der Waals surface area contributed by atoms with Crippen molar-refractivity contribution >= 4 is 22.9 Å². The van der Waals surface area contributed by atoms with E-state index in [1.54, 1.807) is 23.7 Å². The monoisotopic (exact) mass is 323 g/mol. The molecule has 0 spiro atoms. The molecule has 23 heavy (non-hydrogen) atoms. The van der Waals surface area contributed by atoms with E-state index in [2.05, 4.69) is 15.3 Å². The molecule has 1 aromatic carbocycles. The van der Waals surface area contributed by atoms with Crippen LogP contribution in [0.3, 0.4) is 0 Å². The number of thiazole rings is 1. The van der Waals surface area contributed by atoms with E-state index < -0.39 is 0 Å². The summed E-state index contributed by atoms with van der Waals surface area (Å²) in [6.07, 6.45) is 4.57. The Balaban J connectivity index is 1.56. The molecule has 2 heterocycles. The average molecular weight is 323 g/mol. The minimum Gasteiger partial charge on any atom is -0.326 e. The van der Waals surface area contributed by atoms with Crippen LogP contribution in [0.5, 0.6) is 0 Å². The fraction of sp³-hybridized carbons (Fsp3) is 0.167. The number of benzene rings is 1. The molecule has 3 aromatic rings. The molecule has 1 amide bonds. The molecule has 0 aliphatic carbocycles. The highest BCUT2D eigenvalue weighted by molar-refractivity contribution is 7.13. The van der Waals surface area contributed by atoms with Crippen LogP contribution in [-0.4, -0.2) is 15.9 Å². The molecular formula is C18H17N3OS. The third-order valence-electron chi connectivity index (χ3n) is 3.39. The molecule has 1 N–H and O–H groups in total. The topological polar surface area (TPSA) is 54.9 Å². The third-order valence-corrected chi connectivity index (χ3v) is 4.33. The number of carbonyl (C=O) groups excluding carboxylic acids is 1. The second-order valence-electron chi connectivity index (χ2n) is 5.30. The number of hydrogen-bond donors (Lipinski definition) is 1. The number of nitrogens with zero attached hydrogens (tertiary/aromatic N) is 2. The zero-order valence-corrected chi connectivity index (χ0v) is 13.6. The van der Waals surface area contributed by atoms with Gasteiger partial charge in [0.05, 0.1) is 5.69 Å². The fourth-order valence-electron chi connectivity index (χ4n) is 2.24. The molecule has 0 aliphatic rings. The van der Waals surface area contributed by atoms with E-state index in [9.17, 15) is 4.79 Å². The van der Waals surface area contributed by atoms with Gasteiger partial charge in [-0.05, 0) is 43.2 Å². The van der Waals surface area contributed by atoms with Crippen LogP contribution in [0.4, 0.5) is 5.69 Å². The molecule has 0 unspecified atom stereocenters. The maximum absolute atomic E-state index is 12.0. The van der Waals surface area contributed by atoms with E-state index in [-0.39, 0.29) is 5.91 Å². The Morgan fingerprint density at radius 3 is 2.83 bits per heavy atom. The van der Waals surface area contributed by atoms with Crippen LogP contribution in [-0.2, 0) is 11.2 Å². The average Bonchev–Trinajstić information content (AvgIpc) is 3.03. The molecule has 0 saturated carbocycles. The van der Waals surface area contributed by atoms with Crippen molar-refractivity contribution in [2.24, 2.45) is 0 Å². The summed E-state index contributed by atoms with van der Waals surface area (Å²) < 4.78 is 0. The fourth-order valence-corrected chi connectivity index (χ4v) is 3.10. The molecule has 0 radical (unpaired) electrons. The molecule has 3 rings (SSSR count). The Kier molecular flexibility index (Phi) is 4.78. The molecule has 116 valence electrons. The van der Waals surface area contributed by atoms with E-state index in [1.807, 2.05) is 48.7 Å². The molecule has 0 bridgehead atoms. The van der Waals surface area contributed by atoms with E-state index >= 15 is 0 Å². The van der Waals surface area contributed by atoms with E-state index in [0.29, 0.717) is 12.8 Å². The van der Waals surface area contributed by atoms with Crippen LogP contribution in [0.15, 0.2) is 54.2 Å². The lowest BCUT2D eigenvalue weighted by Crippen LogP contribution is -2.12. The van der Waals surface area contributed by atoms with Gasteiger partial charge in [-0.25, -0.2) is 4.98 Å². The summed E-state index contributed by atoms with van der Waals surface area (Å²) in [4.78, 5) is 20.6. The normalized spacial score (nSPS) is 10.5. The van der Waals surface area contributed by atoms with Gasteiger partial charge in [-0.1, -0.05) is 12.1 Å². The van der Waals surface area contributed by atoms with Crippen molar-refractivity contribution in [3.8, 4) is 10.6 Å². The van der Waals surface area contributed by atoms with Gasteiger partial charge in [0, 0.05) is 35.4 Å². The van der Waals surface area contributed by atoms with Gasteiger partial charge in [-0.3, -0.25) is 9.78 Å². The predicted molar refractivity (Wildman–Crippen MR) is 93.5 cm³/mol. The minimum absolute atomic E-state index is 0.00839. The van der Waals surface area contributed by atoms with Gasteiger partial charge in [0.25, 0.3) is 0 Å². The number of hydrogen-bond acceptors (Lipinski definition) is 4. The number of anilines is 1. The first-order valence-electron chi connectivity index (χ1n) is 7.42. The Labute approximate surface area is 139 Å². The van der Waals surface area contributed by atoms with Gasteiger partial charge >= 0.3 is 0 Å². The summed E-state index contributed by atoms with van der Waals surface area (Å²) in [5.74, 6) is 0.00839. The van der Waals surface area contributed by atoms with E-state index in [4.69, 9.17) is 0 Å². The quantitative estimate of drug-likeness (QED) is 0.769. The van der Waals surface area contributed by atoms with Crippen molar-refractivity contribution in [3.63, 3.8) is 0 Å². The minimum atomic E-state index is 0.00839. The first-order valence-corrected chi connectivity index (χ1v) is 8.30. The van der Waals surface area contributed by atoms with Crippen molar-refractivity contribution < 1.29 is 4.79 Å². The van der Waals surface area contributed by atoms with Crippen molar-refractivity contribution in [3.05, 3.63) is 65.4 Å². The third kappa shape index (κ3) is 4.23. The summed E-state index contributed by atoms with van der Waals surface area (Å²) in [5, 5.41) is 5.89. The lowest BCUT2D eigenvalue weighted by Gasteiger charge is -2.05. The number of aromatic nitrogens is 2. The lowest BCUT2D eigenvalue weighted by molar-refractivity contribution is -0.116. The van der Waals surface area contributed by atoms with E-state index in [1.165, 1.54) is 0 Å². The molecule has 0 aliphatic heterocycles. The number of pyridine rings is 1. The standard InChI is InChI=1S/C18H17N3OS/c1-13-3-2-4-15(11-13)20-17(22)6-5-16-12-23-18(21-16)14-7-9-19-10-8-14/h2-4,7-12H,5-6H2,1H3,(H,20,22). The van der Waals surface area contributed by atoms with Gasteiger partial charge in [0.1, 0.15) is 5.01 Å². The number of rotatable bonds is 5. The SMILES string of the molecule is Cc1cccc(NC(=O)CCc2csc(-c3ccncc3)n2)c1. The Morgan fingerprint density at radius 2 is 2.04 bits per heavy atom. The van der Waals surface area contributed by atoms with Crippen LogP contribution in [0.25, 0.3) is 10.6 Å². The van der Waals surface area contributed by atoms with Gasteiger partial charge < -0.3 is 5.32 Å². The molecule has 2 aromatic heterocycles. The van der Waals surface area contributed by atoms with Crippen LogP contribution < -0.4 is 5.32 Å². The summed E-state index contributed by atoms with van der Waals surface area (Å²) in [6, 6.07) is 11.7. The molecular weight excluding hydrogens is 306 g/mol. The van der Waals surface area contributed by atoms with Crippen LogP contribution in [0.2, 0.25) is 0 Å². The molecule has 4 nitrogen and oxygen atoms in total. The smallest absolute Gasteiger partial charge is 0.224 e. The Hall–Kier alpha value is -2.53. The zero-order chi connectivity index (χ0) is 16.1. The van der Waals surface area contributed by atoms with Crippen LogP contribution >= 0.6 is 11.3 Å². The number of aryl methyl sites for hydroxylation is 2.